The lowest BCUT2D eigenvalue weighted by Gasteiger charge is -2.07. The van der Waals surface area contributed by atoms with Gasteiger partial charge in [0.15, 0.2) is 0 Å². The predicted octanol–water partition coefficient (Wildman–Crippen LogP) is 2.39. The van der Waals surface area contributed by atoms with Crippen LogP contribution >= 0.6 is 27.5 Å². The molecule has 3 N–H and O–H groups in total. The predicted molar refractivity (Wildman–Crippen MR) is 61.5 cm³/mol. The first-order valence-corrected chi connectivity index (χ1v) is 5.24. The van der Waals surface area contributed by atoms with Crippen molar-refractivity contribution in [2.24, 2.45) is 5.73 Å². The van der Waals surface area contributed by atoms with Crippen molar-refractivity contribution in [1.82, 2.24) is 0 Å². The molecule has 1 amide bonds. The number of nitrogens with one attached hydrogen (secondary N) is 1. The number of rotatable bonds is 4. The molecule has 0 bridgehead atoms. The summed E-state index contributed by atoms with van der Waals surface area (Å²) >= 11 is 9.17. The van der Waals surface area contributed by atoms with E-state index < -0.39 is 0 Å². The fourth-order valence-corrected chi connectivity index (χ4v) is 1.51. The average molecular weight is 278 g/mol. The maximum absolute atomic E-state index is 10.5. The molecule has 0 spiro atoms. The summed E-state index contributed by atoms with van der Waals surface area (Å²) in [6.07, 6.45) is 0.305. The van der Waals surface area contributed by atoms with Gasteiger partial charge in [0.2, 0.25) is 5.91 Å². The summed E-state index contributed by atoms with van der Waals surface area (Å²) in [5, 5.41) is 3.70. The monoisotopic (exact) mass is 276 g/mol. The highest BCUT2D eigenvalue weighted by Crippen LogP contribution is 2.25. The molecule has 0 fully saturated rings. The molecule has 0 saturated carbocycles. The number of primary amides is 1. The quantitative estimate of drug-likeness (QED) is 0.888. The van der Waals surface area contributed by atoms with Crippen LogP contribution in [-0.2, 0) is 4.79 Å². The number of nitrogens with two attached hydrogens (primary N) is 1. The van der Waals surface area contributed by atoms with Crippen molar-refractivity contribution in [1.29, 1.82) is 0 Å². The standard InChI is InChI=1S/C9H10BrClN2O/c10-7-2-1-6(11)5-8(7)13-4-3-9(12)14/h1-2,5,13H,3-4H2,(H2,12,14). The second-order valence-electron chi connectivity index (χ2n) is 2.77. The molecule has 0 heterocycles. The first-order chi connectivity index (χ1) is 6.59. The molecule has 0 unspecified atom stereocenters. The van der Waals surface area contributed by atoms with Crippen LogP contribution in [0.5, 0.6) is 0 Å². The van der Waals surface area contributed by atoms with E-state index in [1.54, 1.807) is 12.1 Å². The lowest BCUT2D eigenvalue weighted by molar-refractivity contribution is -0.117. The minimum atomic E-state index is -0.323. The number of hydrogen-bond donors (Lipinski definition) is 2. The molecule has 1 rings (SSSR count). The van der Waals surface area contributed by atoms with Gasteiger partial charge < -0.3 is 11.1 Å². The van der Waals surface area contributed by atoms with E-state index >= 15 is 0 Å². The number of hydrogen-bond acceptors (Lipinski definition) is 2. The van der Waals surface area contributed by atoms with Gasteiger partial charge in [0.1, 0.15) is 0 Å². The van der Waals surface area contributed by atoms with Gasteiger partial charge in [-0.1, -0.05) is 11.6 Å². The summed E-state index contributed by atoms with van der Waals surface area (Å²) < 4.78 is 0.909. The molecule has 0 aliphatic carbocycles. The maximum atomic E-state index is 10.5. The van der Waals surface area contributed by atoms with Crippen LogP contribution in [0.15, 0.2) is 22.7 Å². The minimum Gasteiger partial charge on any atom is -0.384 e. The molecule has 5 heteroatoms. The van der Waals surface area contributed by atoms with Gasteiger partial charge in [0.05, 0.1) is 0 Å². The van der Waals surface area contributed by atoms with Crippen LogP contribution in [0.3, 0.4) is 0 Å². The topological polar surface area (TPSA) is 55.1 Å². The average Bonchev–Trinajstić information content (AvgIpc) is 2.10. The Morgan fingerprint density at radius 3 is 2.93 bits per heavy atom. The second-order valence-corrected chi connectivity index (χ2v) is 4.06. The summed E-state index contributed by atoms with van der Waals surface area (Å²) in [6.45, 7) is 0.508. The first-order valence-electron chi connectivity index (χ1n) is 4.07. The molecule has 0 aromatic heterocycles. The Hall–Kier alpha value is -0.740. The van der Waals surface area contributed by atoms with Crippen LogP contribution in [0.4, 0.5) is 5.69 Å². The Labute approximate surface area is 95.7 Å². The molecule has 0 atom stereocenters. The van der Waals surface area contributed by atoms with E-state index in [9.17, 15) is 4.79 Å². The van der Waals surface area contributed by atoms with Crippen molar-refractivity contribution in [3.05, 3.63) is 27.7 Å². The zero-order valence-corrected chi connectivity index (χ0v) is 9.73. The lowest BCUT2D eigenvalue weighted by atomic mass is 10.3. The summed E-state index contributed by atoms with van der Waals surface area (Å²) in [5.41, 5.74) is 5.87. The molecule has 1 aromatic rings. The third-order valence-corrected chi connectivity index (χ3v) is 2.54. The van der Waals surface area contributed by atoms with Crippen molar-refractivity contribution in [2.45, 2.75) is 6.42 Å². The molecule has 0 radical (unpaired) electrons. The van der Waals surface area contributed by atoms with E-state index in [1.165, 1.54) is 0 Å². The van der Waals surface area contributed by atoms with Gasteiger partial charge in [0, 0.05) is 28.1 Å². The van der Waals surface area contributed by atoms with Crippen molar-refractivity contribution >= 4 is 39.1 Å². The minimum absolute atomic E-state index is 0.305. The fraction of sp³-hybridized carbons (Fsp3) is 0.222. The van der Waals surface area contributed by atoms with Crippen LogP contribution < -0.4 is 11.1 Å². The van der Waals surface area contributed by atoms with E-state index in [2.05, 4.69) is 21.2 Å². The molecular formula is C9H10BrClN2O. The highest BCUT2D eigenvalue weighted by Gasteiger charge is 2.00. The van der Waals surface area contributed by atoms with Crippen LogP contribution in [0.1, 0.15) is 6.42 Å². The zero-order valence-electron chi connectivity index (χ0n) is 7.39. The van der Waals surface area contributed by atoms with Gasteiger partial charge in [-0.15, -0.1) is 0 Å². The summed E-state index contributed by atoms with van der Waals surface area (Å²) in [4.78, 5) is 10.5. The third-order valence-electron chi connectivity index (χ3n) is 1.62. The van der Waals surface area contributed by atoms with Crippen LogP contribution in [0.25, 0.3) is 0 Å². The number of amides is 1. The highest BCUT2D eigenvalue weighted by atomic mass is 79.9. The van der Waals surface area contributed by atoms with Gasteiger partial charge in [-0.2, -0.15) is 0 Å². The van der Waals surface area contributed by atoms with E-state index in [1.807, 2.05) is 6.07 Å². The Bertz CT molecular complexity index is 344. The maximum Gasteiger partial charge on any atom is 0.219 e. The molecule has 0 saturated heterocycles. The van der Waals surface area contributed by atoms with Gasteiger partial charge in [0.25, 0.3) is 0 Å². The van der Waals surface area contributed by atoms with Gasteiger partial charge >= 0.3 is 0 Å². The summed E-state index contributed by atoms with van der Waals surface area (Å²) in [5.74, 6) is -0.323. The molecule has 3 nitrogen and oxygen atoms in total. The Morgan fingerprint density at radius 1 is 1.57 bits per heavy atom. The Balaban J connectivity index is 2.57. The van der Waals surface area contributed by atoms with E-state index in [0.717, 1.165) is 10.2 Å². The number of halogens is 2. The number of carbonyl (C=O) groups excluding carboxylic acids is 1. The Kier molecular flexibility index (Phi) is 4.22. The van der Waals surface area contributed by atoms with E-state index in [0.29, 0.717) is 18.0 Å². The van der Waals surface area contributed by atoms with Gasteiger partial charge in [-0.25, -0.2) is 0 Å². The lowest BCUT2D eigenvalue weighted by Crippen LogP contribution is -2.15. The smallest absolute Gasteiger partial charge is 0.219 e. The first kappa shape index (κ1) is 11.3. The zero-order chi connectivity index (χ0) is 10.6. The number of anilines is 1. The highest BCUT2D eigenvalue weighted by molar-refractivity contribution is 9.10. The fourth-order valence-electron chi connectivity index (χ4n) is 0.953. The van der Waals surface area contributed by atoms with Crippen LogP contribution in [-0.4, -0.2) is 12.5 Å². The molecule has 14 heavy (non-hydrogen) atoms. The van der Waals surface area contributed by atoms with Crippen LogP contribution in [0, 0.1) is 0 Å². The normalized spacial score (nSPS) is 9.86. The van der Waals surface area contributed by atoms with Gasteiger partial charge in [-0.3, -0.25) is 4.79 Å². The Morgan fingerprint density at radius 2 is 2.29 bits per heavy atom. The molecule has 0 aliphatic rings. The SMILES string of the molecule is NC(=O)CCNc1cc(Cl)ccc1Br. The molecular weight excluding hydrogens is 267 g/mol. The summed E-state index contributed by atoms with van der Waals surface area (Å²) in [7, 11) is 0. The van der Waals surface area contributed by atoms with Gasteiger partial charge in [-0.05, 0) is 34.1 Å². The van der Waals surface area contributed by atoms with Crippen molar-refractivity contribution < 1.29 is 4.79 Å². The molecule has 0 aliphatic heterocycles. The van der Waals surface area contributed by atoms with Crippen LogP contribution in [0.2, 0.25) is 5.02 Å². The van der Waals surface area contributed by atoms with Crippen molar-refractivity contribution in [3.63, 3.8) is 0 Å². The number of benzene rings is 1. The second kappa shape index (κ2) is 5.22. The van der Waals surface area contributed by atoms with E-state index in [4.69, 9.17) is 17.3 Å². The largest absolute Gasteiger partial charge is 0.384 e. The van der Waals surface area contributed by atoms with Crippen molar-refractivity contribution in [2.75, 3.05) is 11.9 Å². The van der Waals surface area contributed by atoms with E-state index in [-0.39, 0.29) is 5.91 Å². The molecule has 76 valence electrons. The number of carbonyl (C=O) groups is 1. The summed E-state index contributed by atoms with van der Waals surface area (Å²) in [6, 6.07) is 5.41. The van der Waals surface area contributed by atoms with Crippen molar-refractivity contribution in [3.8, 4) is 0 Å². The molecule has 1 aromatic carbocycles. The third kappa shape index (κ3) is 3.55.